The summed E-state index contributed by atoms with van der Waals surface area (Å²) < 4.78 is 80.8. The molecule has 0 aromatic heterocycles. The van der Waals surface area contributed by atoms with E-state index in [0.717, 1.165) is 16.7 Å². The van der Waals surface area contributed by atoms with Crippen LogP contribution >= 0.6 is 0 Å². The van der Waals surface area contributed by atoms with Crippen LogP contribution in [0.2, 0.25) is 0 Å². The third-order valence-corrected chi connectivity index (χ3v) is 5.21. The lowest BCUT2D eigenvalue weighted by molar-refractivity contribution is -0.142. The minimum atomic E-state index is -5.13. The Morgan fingerprint density at radius 1 is 0.500 bits per heavy atom. The Kier molecular flexibility index (Phi) is 5.55. The first-order chi connectivity index (χ1) is 15.1. The molecule has 0 amide bonds. The molecular weight excluding hydrogens is 426 g/mol. The number of hydrogen-bond donors (Lipinski definition) is 0. The fraction of sp³-hybridized carbons (Fsp3) is 0.0769. The van der Waals surface area contributed by atoms with Crippen molar-refractivity contribution in [1.82, 2.24) is 0 Å². The summed E-state index contributed by atoms with van der Waals surface area (Å²) in [6, 6.07) is 19.9. The summed E-state index contributed by atoms with van der Waals surface area (Å²) in [5.74, 6) is -3.81. The zero-order chi connectivity index (χ0) is 23.0. The van der Waals surface area contributed by atoms with Crippen LogP contribution in [0, 0.1) is 24.4 Å². The second-order valence-electron chi connectivity index (χ2n) is 7.45. The van der Waals surface area contributed by atoms with Crippen LogP contribution in [0.1, 0.15) is 11.1 Å². The lowest BCUT2D eigenvalue weighted by Gasteiger charge is -2.12. The molecule has 0 bridgehead atoms. The van der Waals surface area contributed by atoms with E-state index in [0.29, 0.717) is 28.8 Å². The zero-order valence-corrected chi connectivity index (χ0v) is 16.8. The third kappa shape index (κ3) is 4.26. The molecule has 0 fully saturated rings. The molecule has 0 aliphatic heterocycles. The van der Waals surface area contributed by atoms with E-state index in [9.17, 15) is 26.3 Å². The quantitative estimate of drug-likeness (QED) is 0.279. The zero-order valence-electron chi connectivity index (χ0n) is 16.8. The predicted molar refractivity (Wildman–Crippen MR) is 112 cm³/mol. The highest BCUT2D eigenvalue weighted by Crippen LogP contribution is 2.36. The van der Waals surface area contributed by atoms with Gasteiger partial charge in [-0.2, -0.15) is 13.2 Å². The molecule has 0 heterocycles. The Labute approximate surface area is 180 Å². The van der Waals surface area contributed by atoms with Crippen LogP contribution in [-0.2, 0) is 6.18 Å². The van der Waals surface area contributed by atoms with Crippen molar-refractivity contribution < 1.29 is 26.3 Å². The van der Waals surface area contributed by atoms with Gasteiger partial charge in [-0.1, -0.05) is 66.2 Å². The number of halogens is 6. The Bertz CT molecular complexity index is 1250. The number of alkyl halides is 3. The fourth-order valence-electron chi connectivity index (χ4n) is 3.53. The van der Waals surface area contributed by atoms with E-state index in [1.54, 1.807) is 24.3 Å². The molecule has 0 radical (unpaired) electrons. The van der Waals surface area contributed by atoms with Gasteiger partial charge in [-0.25, -0.2) is 13.2 Å². The van der Waals surface area contributed by atoms with Gasteiger partial charge in [0, 0.05) is 5.56 Å². The maximum absolute atomic E-state index is 14.8. The maximum Gasteiger partial charge on any atom is 0.422 e. The molecule has 0 saturated carbocycles. The first-order valence-corrected chi connectivity index (χ1v) is 9.67. The normalized spacial score (nSPS) is 11.6. The first-order valence-electron chi connectivity index (χ1n) is 9.67. The van der Waals surface area contributed by atoms with Crippen molar-refractivity contribution in [3.8, 4) is 33.4 Å². The van der Waals surface area contributed by atoms with Crippen LogP contribution < -0.4 is 0 Å². The summed E-state index contributed by atoms with van der Waals surface area (Å²) in [6.07, 6.45) is -5.13. The molecule has 4 rings (SSSR count). The molecule has 0 unspecified atom stereocenters. The molecule has 0 aliphatic carbocycles. The van der Waals surface area contributed by atoms with E-state index in [2.05, 4.69) is 0 Å². The highest BCUT2D eigenvalue weighted by Gasteiger charge is 2.37. The van der Waals surface area contributed by atoms with Crippen molar-refractivity contribution in [1.29, 1.82) is 0 Å². The van der Waals surface area contributed by atoms with Crippen molar-refractivity contribution in [2.45, 2.75) is 13.1 Å². The molecule has 162 valence electrons. The molecule has 4 aromatic carbocycles. The van der Waals surface area contributed by atoms with E-state index in [4.69, 9.17) is 0 Å². The van der Waals surface area contributed by atoms with Crippen molar-refractivity contribution >= 4 is 0 Å². The van der Waals surface area contributed by atoms with E-state index in [1.165, 1.54) is 18.2 Å². The van der Waals surface area contributed by atoms with Gasteiger partial charge in [-0.15, -0.1) is 0 Å². The highest BCUT2D eigenvalue weighted by atomic mass is 19.4. The molecular formula is C26H16F6. The van der Waals surface area contributed by atoms with Crippen molar-refractivity contribution in [2.24, 2.45) is 0 Å². The van der Waals surface area contributed by atoms with Gasteiger partial charge < -0.3 is 0 Å². The Balaban J connectivity index is 1.64. The Morgan fingerprint density at radius 2 is 0.938 bits per heavy atom. The summed E-state index contributed by atoms with van der Waals surface area (Å²) in [4.78, 5) is 0. The maximum atomic E-state index is 14.8. The third-order valence-electron chi connectivity index (χ3n) is 5.21. The van der Waals surface area contributed by atoms with Gasteiger partial charge in [0.05, 0.1) is 0 Å². The monoisotopic (exact) mass is 442 g/mol. The van der Waals surface area contributed by atoms with Gasteiger partial charge in [0.15, 0.2) is 0 Å². The van der Waals surface area contributed by atoms with Crippen LogP contribution in [0.4, 0.5) is 26.3 Å². The predicted octanol–water partition coefficient (Wildman–Crippen LogP) is 8.43. The smallest absolute Gasteiger partial charge is 0.206 e. The molecule has 0 nitrogen and oxygen atoms in total. The summed E-state index contributed by atoms with van der Waals surface area (Å²) >= 11 is 0. The van der Waals surface area contributed by atoms with Crippen molar-refractivity contribution in [3.63, 3.8) is 0 Å². The van der Waals surface area contributed by atoms with E-state index in [-0.39, 0.29) is 5.56 Å². The standard InChI is InChI=1S/C26H16F6/c1-15-2-4-16(5-3-15)19-10-11-21(22(27)12-19)18-8-6-17(7-9-18)20-13-23(28)25(24(29)14-20)26(30,31)32/h2-14H,1H3. The van der Waals surface area contributed by atoms with Crippen molar-refractivity contribution in [2.75, 3.05) is 0 Å². The Hall–Kier alpha value is -3.54. The van der Waals surface area contributed by atoms with Gasteiger partial charge in [0.2, 0.25) is 0 Å². The van der Waals surface area contributed by atoms with E-state index in [1.807, 2.05) is 31.2 Å². The van der Waals surface area contributed by atoms with Crippen LogP contribution in [0.25, 0.3) is 33.4 Å². The van der Waals surface area contributed by atoms with Gasteiger partial charge in [0.25, 0.3) is 0 Å². The van der Waals surface area contributed by atoms with Crippen molar-refractivity contribution in [3.05, 3.63) is 107 Å². The first kappa shape index (κ1) is 21.7. The summed E-state index contributed by atoms with van der Waals surface area (Å²) in [5, 5.41) is 0. The van der Waals surface area contributed by atoms with Gasteiger partial charge in [-0.05, 0) is 52.9 Å². The molecule has 32 heavy (non-hydrogen) atoms. The van der Waals surface area contributed by atoms with E-state index < -0.39 is 29.2 Å². The summed E-state index contributed by atoms with van der Waals surface area (Å²) in [7, 11) is 0. The van der Waals surface area contributed by atoms with Crippen LogP contribution in [-0.4, -0.2) is 0 Å². The lowest BCUT2D eigenvalue weighted by atomic mass is 9.96. The van der Waals surface area contributed by atoms with Gasteiger partial charge in [0.1, 0.15) is 23.0 Å². The topological polar surface area (TPSA) is 0 Å². The molecule has 0 aliphatic rings. The average molecular weight is 442 g/mol. The van der Waals surface area contributed by atoms with Crippen LogP contribution in [0.15, 0.2) is 78.9 Å². The molecule has 0 N–H and O–H groups in total. The molecule has 4 aromatic rings. The summed E-state index contributed by atoms with van der Waals surface area (Å²) in [6.45, 7) is 1.96. The largest absolute Gasteiger partial charge is 0.422 e. The van der Waals surface area contributed by atoms with Crippen LogP contribution in [0.5, 0.6) is 0 Å². The molecule has 6 heteroatoms. The number of rotatable bonds is 3. The number of aryl methyl sites for hydroxylation is 1. The second-order valence-corrected chi connectivity index (χ2v) is 7.45. The average Bonchev–Trinajstić information content (AvgIpc) is 2.73. The van der Waals surface area contributed by atoms with E-state index >= 15 is 0 Å². The SMILES string of the molecule is Cc1ccc(-c2ccc(-c3ccc(-c4cc(F)c(C(F)(F)F)c(F)c4)cc3)c(F)c2)cc1. The molecule has 0 atom stereocenters. The van der Waals surface area contributed by atoms with Gasteiger partial charge >= 0.3 is 6.18 Å². The molecule has 0 spiro atoms. The molecule has 0 saturated heterocycles. The fourth-order valence-corrected chi connectivity index (χ4v) is 3.53. The van der Waals surface area contributed by atoms with Gasteiger partial charge in [-0.3, -0.25) is 0 Å². The second kappa shape index (κ2) is 8.19. The highest BCUT2D eigenvalue weighted by molar-refractivity contribution is 5.74. The number of benzene rings is 4. The van der Waals surface area contributed by atoms with Crippen LogP contribution in [0.3, 0.4) is 0 Å². The number of hydrogen-bond acceptors (Lipinski definition) is 0. The summed E-state index contributed by atoms with van der Waals surface area (Å²) in [5.41, 5.74) is 1.88. The lowest BCUT2D eigenvalue weighted by Crippen LogP contribution is -2.11. The minimum Gasteiger partial charge on any atom is -0.206 e. The Morgan fingerprint density at radius 3 is 1.47 bits per heavy atom. The minimum absolute atomic E-state index is 0.0465.